The molecule has 5 nitrogen and oxygen atoms in total. The molecule has 0 radical (unpaired) electrons. The third-order valence-electron chi connectivity index (χ3n) is 2.06. The molecule has 82 valence electrons. The number of ether oxygens (including phenoxy) is 2. The molecule has 0 aliphatic heterocycles. The first-order chi connectivity index (χ1) is 7.83. The van der Waals surface area contributed by atoms with Crippen LogP contribution in [0.4, 0.5) is 0 Å². The molecule has 0 amide bonds. The van der Waals surface area contributed by atoms with Crippen molar-refractivity contribution < 1.29 is 9.47 Å². The van der Waals surface area contributed by atoms with E-state index < -0.39 is 0 Å². The lowest BCUT2D eigenvalue weighted by atomic mass is 10.2. The van der Waals surface area contributed by atoms with Crippen LogP contribution in [-0.4, -0.2) is 29.2 Å². The smallest absolute Gasteiger partial charge is 0.316 e. The fourth-order valence-electron chi connectivity index (χ4n) is 1.25. The number of nitrogens with zero attached hydrogens (tertiary/aromatic N) is 3. The minimum Gasteiger partial charge on any atom is -0.481 e. The van der Waals surface area contributed by atoms with Gasteiger partial charge in [-0.05, 0) is 12.1 Å². The zero-order chi connectivity index (χ0) is 11.4. The Morgan fingerprint density at radius 2 is 1.88 bits per heavy atom. The molecule has 2 aromatic rings. The van der Waals surface area contributed by atoms with Gasteiger partial charge in [-0.1, -0.05) is 0 Å². The molecule has 0 N–H and O–H groups in total. The number of methoxy groups -OCH3 is 2. The van der Waals surface area contributed by atoms with E-state index in [0.29, 0.717) is 11.9 Å². The highest BCUT2D eigenvalue weighted by atomic mass is 16.5. The lowest BCUT2D eigenvalue weighted by Crippen LogP contribution is -1.93. The van der Waals surface area contributed by atoms with Crippen LogP contribution < -0.4 is 9.47 Å². The van der Waals surface area contributed by atoms with Crippen molar-refractivity contribution in [2.45, 2.75) is 0 Å². The fraction of sp³-hybridized carbons (Fsp3) is 0.182. The molecule has 0 saturated heterocycles. The first kappa shape index (κ1) is 10.4. The summed E-state index contributed by atoms with van der Waals surface area (Å²) in [5.41, 5.74) is 1.66. The van der Waals surface area contributed by atoms with Crippen molar-refractivity contribution in [3.8, 4) is 23.1 Å². The summed E-state index contributed by atoms with van der Waals surface area (Å²) >= 11 is 0. The molecule has 0 bridgehead atoms. The number of hydrogen-bond acceptors (Lipinski definition) is 5. The zero-order valence-electron chi connectivity index (χ0n) is 9.04. The van der Waals surface area contributed by atoms with Gasteiger partial charge in [-0.2, -0.15) is 4.98 Å². The Morgan fingerprint density at radius 1 is 1.00 bits per heavy atom. The third kappa shape index (κ3) is 2.08. The molecule has 0 aliphatic rings. The molecule has 2 aromatic heterocycles. The lowest BCUT2D eigenvalue weighted by Gasteiger charge is -2.03. The summed E-state index contributed by atoms with van der Waals surface area (Å²) in [4.78, 5) is 12.2. The van der Waals surface area contributed by atoms with Gasteiger partial charge in [-0.15, -0.1) is 0 Å². The number of aromatic nitrogens is 3. The maximum Gasteiger partial charge on any atom is 0.316 e. The quantitative estimate of drug-likeness (QED) is 0.780. The van der Waals surface area contributed by atoms with E-state index in [1.807, 2.05) is 6.07 Å². The molecule has 0 aromatic carbocycles. The van der Waals surface area contributed by atoms with Gasteiger partial charge in [0.2, 0.25) is 5.88 Å². The van der Waals surface area contributed by atoms with Crippen molar-refractivity contribution in [2.24, 2.45) is 0 Å². The second kappa shape index (κ2) is 4.57. The van der Waals surface area contributed by atoms with E-state index in [-0.39, 0.29) is 0 Å². The normalized spacial score (nSPS) is 9.88. The summed E-state index contributed by atoms with van der Waals surface area (Å²) < 4.78 is 9.94. The summed E-state index contributed by atoms with van der Waals surface area (Å²) in [6.45, 7) is 0. The Hall–Kier alpha value is -2.17. The molecule has 0 aliphatic carbocycles. The van der Waals surface area contributed by atoms with Crippen LogP contribution in [0.1, 0.15) is 0 Å². The largest absolute Gasteiger partial charge is 0.481 e. The van der Waals surface area contributed by atoms with Crippen LogP contribution in [0.25, 0.3) is 11.3 Å². The van der Waals surface area contributed by atoms with Crippen molar-refractivity contribution in [1.82, 2.24) is 15.0 Å². The average molecular weight is 217 g/mol. The fourth-order valence-corrected chi connectivity index (χ4v) is 1.25. The van der Waals surface area contributed by atoms with E-state index >= 15 is 0 Å². The van der Waals surface area contributed by atoms with Gasteiger partial charge < -0.3 is 9.47 Å². The average Bonchev–Trinajstić information content (AvgIpc) is 2.39. The van der Waals surface area contributed by atoms with E-state index in [1.54, 1.807) is 31.6 Å². The van der Waals surface area contributed by atoms with Crippen molar-refractivity contribution in [3.05, 3.63) is 30.6 Å². The van der Waals surface area contributed by atoms with Gasteiger partial charge in [-0.3, -0.25) is 0 Å². The minimum absolute atomic E-state index is 0.341. The van der Waals surface area contributed by atoms with E-state index in [2.05, 4.69) is 15.0 Å². The summed E-state index contributed by atoms with van der Waals surface area (Å²) in [6.07, 6.45) is 3.34. The molecule has 0 spiro atoms. The van der Waals surface area contributed by atoms with Crippen LogP contribution in [0.3, 0.4) is 0 Å². The summed E-state index contributed by atoms with van der Waals surface area (Å²) in [7, 11) is 3.11. The molecule has 0 fully saturated rings. The standard InChI is InChI=1S/C11H11N3O2/c1-15-10-4-3-8(7-13-10)9-5-6-12-11(14-9)16-2/h3-7H,1-2H3. The highest BCUT2D eigenvalue weighted by Crippen LogP contribution is 2.18. The van der Waals surface area contributed by atoms with E-state index in [9.17, 15) is 0 Å². The Morgan fingerprint density at radius 3 is 2.50 bits per heavy atom. The van der Waals surface area contributed by atoms with Gasteiger partial charge in [0.15, 0.2) is 0 Å². The Kier molecular flexibility index (Phi) is 2.95. The Balaban J connectivity index is 2.34. The molecular formula is C11H11N3O2. The maximum atomic E-state index is 4.98. The second-order valence-electron chi connectivity index (χ2n) is 3.02. The van der Waals surface area contributed by atoms with Gasteiger partial charge in [0, 0.05) is 24.0 Å². The minimum atomic E-state index is 0.341. The number of pyridine rings is 1. The van der Waals surface area contributed by atoms with Gasteiger partial charge in [0.05, 0.1) is 19.9 Å². The predicted molar refractivity (Wildman–Crippen MR) is 58.4 cm³/mol. The molecule has 2 heterocycles. The van der Waals surface area contributed by atoms with Gasteiger partial charge in [0.25, 0.3) is 0 Å². The molecular weight excluding hydrogens is 206 g/mol. The van der Waals surface area contributed by atoms with Crippen LogP contribution in [0.2, 0.25) is 0 Å². The summed E-state index contributed by atoms with van der Waals surface area (Å²) in [5.74, 6) is 0.574. The SMILES string of the molecule is COc1ccc(-c2ccnc(OC)n2)cn1. The molecule has 0 atom stereocenters. The van der Waals surface area contributed by atoms with E-state index in [0.717, 1.165) is 11.3 Å². The monoisotopic (exact) mass is 217 g/mol. The van der Waals surface area contributed by atoms with Crippen molar-refractivity contribution in [1.29, 1.82) is 0 Å². The van der Waals surface area contributed by atoms with Gasteiger partial charge >= 0.3 is 6.01 Å². The van der Waals surface area contributed by atoms with Crippen molar-refractivity contribution in [3.63, 3.8) is 0 Å². The maximum absolute atomic E-state index is 4.98. The highest BCUT2D eigenvalue weighted by molar-refractivity contribution is 5.57. The van der Waals surface area contributed by atoms with Gasteiger partial charge in [0.1, 0.15) is 0 Å². The summed E-state index contributed by atoms with van der Waals surface area (Å²) in [6, 6.07) is 5.80. The summed E-state index contributed by atoms with van der Waals surface area (Å²) in [5, 5.41) is 0. The molecule has 0 saturated carbocycles. The molecule has 16 heavy (non-hydrogen) atoms. The first-order valence-electron chi connectivity index (χ1n) is 4.71. The van der Waals surface area contributed by atoms with Crippen LogP contribution >= 0.6 is 0 Å². The van der Waals surface area contributed by atoms with Gasteiger partial charge in [-0.25, -0.2) is 9.97 Å². The van der Waals surface area contributed by atoms with Crippen LogP contribution in [0.5, 0.6) is 11.9 Å². The van der Waals surface area contributed by atoms with Crippen molar-refractivity contribution >= 4 is 0 Å². The molecule has 5 heteroatoms. The zero-order valence-corrected chi connectivity index (χ0v) is 9.04. The number of rotatable bonds is 3. The molecule has 2 rings (SSSR count). The molecule has 0 unspecified atom stereocenters. The van der Waals surface area contributed by atoms with Crippen LogP contribution in [0.15, 0.2) is 30.6 Å². The van der Waals surface area contributed by atoms with Crippen molar-refractivity contribution in [2.75, 3.05) is 14.2 Å². The van der Waals surface area contributed by atoms with Crippen LogP contribution in [-0.2, 0) is 0 Å². The van der Waals surface area contributed by atoms with E-state index in [4.69, 9.17) is 9.47 Å². The third-order valence-corrected chi connectivity index (χ3v) is 2.06. The second-order valence-corrected chi connectivity index (χ2v) is 3.02. The predicted octanol–water partition coefficient (Wildman–Crippen LogP) is 1.56. The first-order valence-corrected chi connectivity index (χ1v) is 4.71. The van der Waals surface area contributed by atoms with E-state index in [1.165, 1.54) is 7.11 Å². The Bertz CT molecular complexity index is 471. The highest BCUT2D eigenvalue weighted by Gasteiger charge is 2.02. The van der Waals surface area contributed by atoms with Crippen LogP contribution in [0, 0.1) is 0 Å². The lowest BCUT2D eigenvalue weighted by molar-refractivity contribution is 0.380. The number of hydrogen-bond donors (Lipinski definition) is 0. The Labute approximate surface area is 93.1 Å². The topological polar surface area (TPSA) is 57.1 Å².